The van der Waals surface area contributed by atoms with Gasteiger partial charge in [0, 0.05) is 48.2 Å². The van der Waals surface area contributed by atoms with Gasteiger partial charge in [-0.2, -0.15) is 0 Å². The summed E-state index contributed by atoms with van der Waals surface area (Å²) in [5, 5.41) is 0. The molecule has 1 aliphatic rings. The van der Waals surface area contributed by atoms with Crippen molar-refractivity contribution in [2.24, 2.45) is 0 Å². The fourth-order valence-corrected chi connectivity index (χ4v) is 3.50. The van der Waals surface area contributed by atoms with Gasteiger partial charge in [0.05, 0.1) is 4.90 Å². The third-order valence-electron chi connectivity index (χ3n) is 4.62. The van der Waals surface area contributed by atoms with Crippen molar-refractivity contribution in [3.63, 3.8) is 0 Å². The van der Waals surface area contributed by atoms with Crippen LogP contribution in [-0.2, 0) is 9.84 Å². The second-order valence-corrected chi connectivity index (χ2v) is 8.44. The molecule has 0 amide bonds. The highest BCUT2D eigenvalue weighted by atomic mass is 32.2. The van der Waals surface area contributed by atoms with E-state index < -0.39 is 9.84 Å². The van der Waals surface area contributed by atoms with Crippen LogP contribution in [0.25, 0.3) is 22.6 Å². The number of nitrogens with zero attached hydrogens (tertiary/aromatic N) is 3. The summed E-state index contributed by atoms with van der Waals surface area (Å²) < 4.78 is 23.5. The van der Waals surface area contributed by atoms with E-state index >= 15 is 0 Å². The topological polar surface area (TPSA) is 88.6 Å². The van der Waals surface area contributed by atoms with Crippen LogP contribution in [0.15, 0.2) is 47.9 Å². The Morgan fingerprint density at radius 1 is 1.08 bits per heavy atom. The Balaban J connectivity index is 1.69. The number of aromatic amines is 1. The molecular weight excluding hydrogens is 336 g/mol. The molecular formula is C18H18N4O2S. The quantitative estimate of drug-likeness (QED) is 0.777. The number of hydrogen-bond donors (Lipinski definition) is 1. The van der Waals surface area contributed by atoms with Gasteiger partial charge in [-0.05, 0) is 36.6 Å². The molecule has 0 radical (unpaired) electrons. The predicted octanol–water partition coefficient (Wildman–Crippen LogP) is 3.20. The Labute approximate surface area is 146 Å². The molecule has 3 aromatic rings. The van der Waals surface area contributed by atoms with E-state index in [0.717, 1.165) is 28.3 Å². The molecule has 0 bridgehead atoms. The first-order chi connectivity index (χ1) is 12.0. The van der Waals surface area contributed by atoms with Crippen LogP contribution in [0.3, 0.4) is 0 Å². The number of imidazole rings is 1. The van der Waals surface area contributed by atoms with Gasteiger partial charge in [-0.25, -0.2) is 13.4 Å². The summed E-state index contributed by atoms with van der Waals surface area (Å²) in [6, 6.07) is 5.36. The van der Waals surface area contributed by atoms with Gasteiger partial charge in [-0.15, -0.1) is 0 Å². The van der Waals surface area contributed by atoms with Crippen LogP contribution >= 0.6 is 0 Å². The lowest BCUT2D eigenvalue weighted by Crippen LogP contribution is -2.08. The Morgan fingerprint density at radius 3 is 2.64 bits per heavy atom. The molecule has 1 saturated carbocycles. The number of aromatic nitrogens is 4. The van der Waals surface area contributed by atoms with Crippen molar-refractivity contribution in [3.8, 4) is 22.6 Å². The Bertz CT molecular complexity index is 1020. The highest BCUT2D eigenvalue weighted by Crippen LogP contribution is 2.36. The van der Waals surface area contributed by atoms with Crippen molar-refractivity contribution >= 4 is 9.84 Å². The molecule has 6 nitrogen and oxygen atoms in total. The lowest BCUT2D eigenvalue weighted by molar-refractivity contribution is 0.412. The monoisotopic (exact) mass is 354 g/mol. The predicted molar refractivity (Wildman–Crippen MR) is 94.8 cm³/mol. The first-order valence-corrected chi connectivity index (χ1v) is 10.1. The Kier molecular flexibility index (Phi) is 3.88. The van der Waals surface area contributed by atoms with Crippen molar-refractivity contribution in [1.82, 2.24) is 19.9 Å². The first kappa shape index (κ1) is 16.0. The maximum Gasteiger partial charge on any atom is 0.177 e. The van der Waals surface area contributed by atoms with E-state index in [1.54, 1.807) is 18.5 Å². The van der Waals surface area contributed by atoms with E-state index in [2.05, 4.69) is 19.9 Å². The van der Waals surface area contributed by atoms with Crippen LogP contribution in [-0.4, -0.2) is 34.6 Å². The molecule has 1 aliphatic carbocycles. The molecule has 0 atom stereocenters. The maximum atomic E-state index is 11.7. The molecule has 0 unspecified atom stereocenters. The summed E-state index contributed by atoms with van der Waals surface area (Å²) >= 11 is 0. The van der Waals surface area contributed by atoms with Gasteiger partial charge in [0.25, 0.3) is 0 Å². The van der Waals surface area contributed by atoms with E-state index in [1.165, 1.54) is 31.7 Å². The molecule has 0 spiro atoms. The largest absolute Gasteiger partial charge is 0.340 e. The summed E-state index contributed by atoms with van der Waals surface area (Å²) in [6.45, 7) is 0. The third kappa shape index (κ3) is 3.19. The molecule has 128 valence electrons. The zero-order valence-corrected chi connectivity index (χ0v) is 14.6. The van der Waals surface area contributed by atoms with Crippen molar-refractivity contribution < 1.29 is 8.42 Å². The Morgan fingerprint density at radius 2 is 1.92 bits per heavy atom. The fourth-order valence-electron chi connectivity index (χ4n) is 2.91. The van der Waals surface area contributed by atoms with Crippen LogP contribution in [0, 0.1) is 0 Å². The third-order valence-corrected chi connectivity index (χ3v) is 5.70. The number of rotatable bonds is 4. The average Bonchev–Trinajstić information content (AvgIpc) is 3.02. The molecule has 1 N–H and O–H groups in total. The number of nitrogens with one attached hydrogen (secondary N) is 1. The van der Waals surface area contributed by atoms with Gasteiger partial charge in [-0.1, -0.05) is 6.42 Å². The summed E-state index contributed by atoms with van der Waals surface area (Å²) in [7, 11) is -3.29. The lowest BCUT2D eigenvalue weighted by Gasteiger charge is -2.23. The van der Waals surface area contributed by atoms with Crippen LogP contribution in [0.1, 0.15) is 30.9 Å². The summed E-state index contributed by atoms with van der Waals surface area (Å²) in [5.41, 5.74) is 3.48. The summed E-state index contributed by atoms with van der Waals surface area (Å²) in [5.74, 6) is 1.32. The second kappa shape index (κ2) is 6.07. The van der Waals surface area contributed by atoms with E-state index in [9.17, 15) is 8.42 Å². The van der Waals surface area contributed by atoms with Crippen LogP contribution in [0.5, 0.6) is 0 Å². The van der Waals surface area contributed by atoms with Crippen molar-refractivity contribution in [1.29, 1.82) is 0 Å². The van der Waals surface area contributed by atoms with Gasteiger partial charge in [-0.3, -0.25) is 9.97 Å². The molecule has 0 aromatic carbocycles. The summed E-state index contributed by atoms with van der Waals surface area (Å²) in [6.07, 6.45) is 11.5. The van der Waals surface area contributed by atoms with Gasteiger partial charge in [0.2, 0.25) is 0 Å². The van der Waals surface area contributed by atoms with E-state index in [-0.39, 0.29) is 4.90 Å². The van der Waals surface area contributed by atoms with Gasteiger partial charge >= 0.3 is 0 Å². The molecule has 25 heavy (non-hydrogen) atoms. The van der Waals surface area contributed by atoms with E-state index in [1.807, 2.05) is 18.3 Å². The highest BCUT2D eigenvalue weighted by Gasteiger charge is 2.21. The second-order valence-electron chi connectivity index (χ2n) is 6.43. The van der Waals surface area contributed by atoms with Crippen molar-refractivity contribution in [2.75, 3.05) is 6.26 Å². The van der Waals surface area contributed by atoms with Crippen LogP contribution in [0.4, 0.5) is 0 Å². The SMILES string of the molecule is CS(=O)(=O)c1cncc(-c2ccnc(-c3ncc(C4CCC4)[nH]3)c2)c1. The number of hydrogen-bond acceptors (Lipinski definition) is 5. The minimum Gasteiger partial charge on any atom is -0.340 e. The summed E-state index contributed by atoms with van der Waals surface area (Å²) in [4.78, 5) is 16.5. The fraction of sp³-hybridized carbons (Fsp3) is 0.278. The standard InChI is InChI=1S/C18H18N4O2S/c1-25(23,24)15-7-14(9-19-10-15)13-5-6-20-16(8-13)18-21-11-17(22-18)12-3-2-4-12/h5-12H,2-4H2,1H3,(H,21,22). The maximum absolute atomic E-state index is 11.7. The van der Waals surface area contributed by atoms with Gasteiger partial charge < -0.3 is 4.98 Å². The lowest BCUT2D eigenvalue weighted by atomic mass is 9.83. The number of sulfone groups is 1. The molecule has 3 heterocycles. The molecule has 0 saturated heterocycles. The minimum absolute atomic E-state index is 0.202. The molecule has 4 rings (SSSR count). The molecule has 0 aliphatic heterocycles. The van der Waals surface area contributed by atoms with E-state index in [0.29, 0.717) is 5.92 Å². The van der Waals surface area contributed by atoms with Gasteiger partial charge in [0.15, 0.2) is 15.7 Å². The van der Waals surface area contributed by atoms with Gasteiger partial charge in [0.1, 0.15) is 5.69 Å². The van der Waals surface area contributed by atoms with E-state index in [4.69, 9.17) is 0 Å². The normalized spacial score (nSPS) is 15.1. The minimum atomic E-state index is -3.29. The van der Waals surface area contributed by atoms with Crippen molar-refractivity contribution in [2.45, 2.75) is 30.1 Å². The Hall–Kier alpha value is -2.54. The molecule has 7 heteroatoms. The zero-order chi connectivity index (χ0) is 17.4. The van der Waals surface area contributed by atoms with Crippen molar-refractivity contribution in [3.05, 3.63) is 48.7 Å². The highest BCUT2D eigenvalue weighted by molar-refractivity contribution is 7.90. The zero-order valence-electron chi connectivity index (χ0n) is 13.8. The molecule has 3 aromatic heterocycles. The molecule has 1 fully saturated rings. The van der Waals surface area contributed by atoms with Crippen LogP contribution in [0.2, 0.25) is 0 Å². The number of H-pyrrole nitrogens is 1. The number of pyridine rings is 2. The smallest absolute Gasteiger partial charge is 0.177 e. The first-order valence-electron chi connectivity index (χ1n) is 8.17. The van der Waals surface area contributed by atoms with Crippen LogP contribution < -0.4 is 0 Å². The average molecular weight is 354 g/mol.